The quantitative estimate of drug-likeness (QED) is 0.818. The molecule has 1 aliphatic heterocycles. The second-order valence-corrected chi connectivity index (χ2v) is 7.05. The minimum atomic E-state index is -3.56. The molecule has 0 bridgehead atoms. The minimum absolute atomic E-state index is 0.0773. The van der Waals surface area contributed by atoms with Crippen LogP contribution >= 0.6 is 15.9 Å². The lowest BCUT2D eigenvalue weighted by Gasteiger charge is -2.29. The monoisotopic (exact) mass is 344 g/mol. The molecular formula is C12H13BrN2O3S. The SMILES string of the molecule is Cc1cc(S(=O)(=O)N2CCOC(C#N)C2)ccc1Br. The first-order valence-electron chi connectivity index (χ1n) is 5.72. The lowest BCUT2D eigenvalue weighted by molar-refractivity contribution is 0.0311. The average Bonchev–Trinajstić information content (AvgIpc) is 2.41. The Morgan fingerprint density at radius 3 is 2.89 bits per heavy atom. The molecule has 7 heteroatoms. The predicted molar refractivity (Wildman–Crippen MR) is 73.0 cm³/mol. The van der Waals surface area contributed by atoms with Crippen LogP contribution in [0.3, 0.4) is 0 Å². The van der Waals surface area contributed by atoms with E-state index in [0.717, 1.165) is 10.0 Å². The molecule has 1 atom stereocenters. The summed E-state index contributed by atoms with van der Waals surface area (Å²) in [5.74, 6) is 0. The number of nitrogens with zero attached hydrogens (tertiary/aromatic N) is 2. The molecular weight excluding hydrogens is 332 g/mol. The van der Waals surface area contributed by atoms with Gasteiger partial charge in [-0.2, -0.15) is 9.57 Å². The summed E-state index contributed by atoms with van der Waals surface area (Å²) in [7, 11) is -3.56. The third kappa shape index (κ3) is 2.98. The Morgan fingerprint density at radius 2 is 2.26 bits per heavy atom. The summed E-state index contributed by atoms with van der Waals surface area (Å²) >= 11 is 3.34. The van der Waals surface area contributed by atoms with Crippen molar-refractivity contribution in [3.8, 4) is 6.07 Å². The highest BCUT2D eigenvalue weighted by atomic mass is 79.9. The Bertz CT molecular complexity index is 624. The Hall–Kier alpha value is -0.940. The molecule has 1 saturated heterocycles. The molecule has 2 rings (SSSR count). The van der Waals surface area contributed by atoms with E-state index >= 15 is 0 Å². The number of ether oxygens (including phenoxy) is 1. The van der Waals surface area contributed by atoms with Gasteiger partial charge in [-0.15, -0.1) is 0 Å². The van der Waals surface area contributed by atoms with Gasteiger partial charge in [0.2, 0.25) is 10.0 Å². The molecule has 19 heavy (non-hydrogen) atoms. The predicted octanol–water partition coefficient (Wildman–Crippen LogP) is 1.67. The zero-order valence-corrected chi connectivity index (χ0v) is 12.7. The molecule has 0 aliphatic carbocycles. The van der Waals surface area contributed by atoms with Gasteiger partial charge in [0.15, 0.2) is 6.10 Å². The van der Waals surface area contributed by atoms with E-state index < -0.39 is 16.1 Å². The van der Waals surface area contributed by atoms with E-state index in [-0.39, 0.29) is 24.6 Å². The summed E-state index contributed by atoms with van der Waals surface area (Å²) in [4.78, 5) is 0.242. The van der Waals surface area contributed by atoms with E-state index in [1.54, 1.807) is 18.2 Å². The van der Waals surface area contributed by atoms with Crippen LogP contribution in [-0.2, 0) is 14.8 Å². The molecule has 102 valence electrons. The first-order valence-corrected chi connectivity index (χ1v) is 7.96. The van der Waals surface area contributed by atoms with Gasteiger partial charge in [-0.1, -0.05) is 15.9 Å². The maximum absolute atomic E-state index is 12.5. The molecule has 0 N–H and O–H groups in total. The van der Waals surface area contributed by atoms with Crippen LogP contribution in [0.5, 0.6) is 0 Å². The normalized spacial score (nSPS) is 21.0. The third-order valence-electron chi connectivity index (χ3n) is 2.94. The van der Waals surface area contributed by atoms with Gasteiger partial charge in [0.1, 0.15) is 0 Å². The molecule has 1 aromatic carbocycles. The van der Waals surface area contributed by atoms with Crippen molar-refractivity contribution in [3.05, 3.63) is 28.2 Å². The maximum atomic E-state index is 12.5. The van der Waals surface area contributed by atoms with E-state index in [4.69, 9.17) is 10.00 Å². The van der Waals surface area contributed by atoms with E-state index in [1.807, 2.05) is 13.0 Å². The molecule has 0 amide bonds. The molecule has 0 spiro atoms. The highest BCUT2D eigenvalue weighted by molar-refractivity contribution is 9.10. The fourth-order valence-electron chi connectivity index (χ4n) is 1.85. The Kier molecular flexibility index (Phi) is 4.26. The van der Waals surface area contributed by atoms with Crippen molar-refractivity contribution in [2.75, 3.05) is 19.7 Å². The molecule has 0 radical (unpaired) electrons. The first kappa shape index (κ1) is 14.5. The second kappa shape index (κ2) is 5.59. The fraction of sp³-hybridized carbons (Fsp3) is 0.417. The van der Waals surface area contributed by atoms with Gasteiger partial charge in [-0.3, -0.25) is 0 Å². The van der Waals surface area contributed by atoms with Crippen molar-refractivity contribution < 1.29 is 13.2 Å². The Labute approximate surface area is 121 Å². The van der Waals surface area contributed by atoms with Crippen LogP contribution in [0.25, 0.3) is 0 Å². The number of rotatable bonds is 2. The van der Waals surface area contributed by atoms with Gasteiger partial charge < -0.3 is 4.74 Å². The Balaban J connectivity index is 2.31. The molecule has 1 heterocycles. The molecule has 0 saturated carbocycles. The molecule has 0 aromatic heterocycles. The van der Waals surface area contributed by atoms with Crippen LogP contribution in [0, 0.1) is 18.3 Å². The lowest BCUT2D eigenvalue weighted by atomic mass is 10.2. The topological polar surface area (TPSA) is 70.4 Å². The smallest absolute Gasteiger partial charge is 0.243 e. The number of sulfonamides is 1. The van der Waals surface area contributed by atoms with Crippen molar-refractivity contribution >= 4 is 26.0 Å². The zero-order chi connectivity index (χ0) is 14.0. The highest BCUT2D eigenvalue weighted by Gasteiger charge is 2.30. The number of aryl methyl sites for hydroxylation is 1. The average molecular weight is 345 g/mol. The van der Waals surface area contributed by atoms with Crippen LogP contribution in [-0.4, -0.2) is 38.5 Å². The summed E-state index contributed by atoms with van der Waals surface area (Å²) in [6.45, 7) is 2.43. The zero-order valence-electron chi connectivity index (χ0n) is 10.3. The fourth-order valence-corrected chi connectivity index (χ4v) is 3.61. The van der Waals surface area contributed by atoms with E-state index in [0.29, 0.717) is 0 Å². The van der Waals surface area contributed by atoms with Crippen LogP contribution in [0.1, 0.15) is 5.56 Å². The summed E-state index contributed by atoms with van der Waals surface area (Å²) in [6.07, 6.45) is -0.694. The van der Waals surface area contributed by atoms with Crippen molar-refractivity contribution in [3.63, 3.8) is 0 Å². The largest absolute Gasteiger partial charge is 0.361 e. The number of hydrogen-bond acceptors (Lipinski definition) is 4. The van der Waals surface area contributed by atoms with Crippen LogP contribution in [0.15, 0.2) is 27.6 Å². The van der Waals surface area contributed by atoms with Crippen molar-refractivity contribution in [1.29, 1.82) is 5.26 Å². The van der Waals surface area contributed by atoms with Crippen LogP contribution in [0.4, 0.5) is 0 Å². The Morgan fingerprint density at radius 1 is 1.53 bits per heavy atom. The summed E-state index contributed by atoms with van der Waals surface area (Å²) < 4.78 is 32.2. The van der Waals surface area contributed by atoms with Crippen molar-refractivity contribution in [2.24, 2.45) is 0 Å². The van der Waals surface area contributed by atoms with Gasteiger partial charge in [0.25, 0.3) is 0 Å². The molecule has 1 unspecified atom stereocenters. The molecule has 1 aromatic rings. The standard InChI is InChI=1S/C12H13BrN2O3S/c1-9-6-11(2-3-12(9)13)19(16,17)15-4-5-18-10(7-14)8-15/h2-3,6,10H,4-5,8H2,1H3. The van der Waals surface area contributed by atoms with E-state index in [2.05, 4.69) is 15.9 Å². The van der Waals surface area contributed by atoms with Gasteiger partial charge in [-0.25, -0.2) is 8.42 Å². The highest BCUT2D eigenvalue weighted by Crippen LogP contribution is 2.23. The van der Waals surface area contributed by atoms with Gasteiger partial charge in [-0.05, 0) is 30.7 Å². The maximum Gasteiger partial charge on any atom is 0.243 e. The molecule has 1 aliphatic rings. The second-order valence-electron chi connectivity index (χ2n) is 4.26. The van der Waals surface area contributed by atoms with Crippen molar-refractivity contribution in [1.82, 2.24) is 4.31 Å². The van der Waals surface area contributed by atoms with Gasteiger partial charge >= 0.3 is 0 Å². The molecule has 5 nitrogen and oxygen atoms in total. The number of nitriles is 1. The number of hydrogen-bond donors (Lipinski definition) is 0. The van der Waals surface area contributed by atoms with Crippen molar-refractivity contribution in [2.45, 2.75) is 17.9 Å². The lowest BCUT2D eigenvalue weighted by Crippen LogP contribution is -2.45. The summed E-state index contributed by atoms with van der Waals surface area (Å²) in [6, 6.07) is 6.83. The minimum Gasteiger partial charge on any atom is -0.361 e. The van der Waals surface area contributed by atoms with Crippen LogP contribution < -0.4 is 0 Å². The van der Waals surface area contributed by atoms with Gasteiger partial charge in [0.05, 0.1) is 24.1 Å². The third-order valence-corrected chi connectivity index (χ3v) is 5.69. The number of halogens is 1. The summed E-state index contributed by atoms with van der Waals surface area (Å²) in [5, 5.41) is 8.82. The van der Waals surface area contributed by atoms with Gasteiger partial charge in [0, 0.05) is 11.0 Å². The number of benzene rings is 1. The first-order chi connectivity index (χ1) is 8.95. The van der Waals surface area contributed by atoms with E-state index in [1.165, 1.54) is 4.31 Å². The number of morpholine rings is 1. The van der Waals surface area contributed by atoms with E-state index in [9.17, 15) is 8.42 Å². The molecule has 1 fully saturated rings. The summed E-state index contributed by atoms with van der Waals surface area (Å²) in [5.41, 5.74) is 0.853. The van der Waals surface area contributed by atoms with Crippen LogP contribution in [0.2, 0.25) is 0 Å².